The molecule has 1 unspecified atom stereocenters. The predicted molar refractivity (Wildman–Crippen MR) is 71.2 cm³/mol. The maximum Gasteiger partial charge on any atom is 0.235 e. The van der Waals surface area contributed by atoms with Crippen molar-refractivity contribution in [1.82, 2.24) is 10.3 Å². The molecule has 1 heterocycles. The van der Waals surface area contributed by atoms with Crippen LogP contribution in [0.2, 0.25) is 5.02 Å². The van der Waals surface area contributed by atoms with Crippen molar-refractivity contribution in [2.24, 2.45) is 5.73 Å². The number of primary amides is 1. The Bertz CT molecular complexity index is 375. The summed E-state index contributed by atoms with van der Waals surface area (Å²) in [6.45, 7) is 2.80. The minimum atomic E-state index is -0.349. The van der Waals surface area contributed by atoms with E-state index in [4.69, 9.17) is 17.3 Å². The quantitative estimate of drug-likeness (QED) is 0.742. The van der Waals surface area contributed by atoms with Crippen LogP contribution in [-0.4, -0.2) is 29.2 Å². The number of carbonyl (C=O) groups excluding carboxylic acids is 1. The second-order valence-electron chi connectivity index (χ2n) is 3.51. The minimum Gasteiger partial charge on any atom is -0.368 e. The average Bonchev–Trinajstić information content (AvgIpc) is 2.31. The lowest BCUT2D eigenvalue weighted by molar-refractivity contribution is -0.119. The maximum atomic E-state index is 11.2. The van der Waals surface area contributed by atoms with Crippen LogP contribution >= 0.6 is 23.4 Å². The van der Waals surface area contributed by atoms with E-state index < -0.39 is 0 Å². The smallest absolute Gasteiger partial charge is 0.235 e. The van der Waals surface area contributed by atoms with Crippen molar-refractivity contribution in [2.75, 3.05) is 12.3 Å². The van der Waals surface area contributed by atoms with Crippen molar-refractivity contribution in [3.8, 4) is 0 Å². The SMILES string of the molecule is CCCNC(CSc1ncccc1Cl)C(N)=O. The fourth-order valence-electron chi connectivity index (χ4n) is 1.20. The summed E-state index contributed by atoms with van der Waals surface area (Å²) < 4.78 is 0. The molecule has 0 spiro atoms. The normalized spacial score (nSPS) is 12.4. The first-order valence-corrected chi connectivity index (χ1v) is 6.77. The number of halogens is 1. The summed E-state index contributed by atoms with van der Waals surface area (Å²) in [4.78, 5) is 15.3. The molecule has 0 saturated carbocycles. The molecule has 1 aromatic heterocycles. The van der Waals surface area contributed by atoms with Crippen molar-refractivity contribution in [1.29, 1.82) is 0 Å². The molecule has 0 fully saturated rings. The van der Waals surface area contributed by atoms with E-state index in [1.807, 2.05) is 6.92 Å². The van der Waals surface area contributed by atoms with Crippen molar-refractivity contribution < 1.29 is 4.79 Å². The highest BCUT2D eigenvalue weighted by molar-refractivity contribution is 7.99. The van der Waals surface area contributed by atoms with Gasteiger partial charge in [0, 0.05) is 11.9 Å². The zero-order valence-corrected chi connectivity index (χ0v) is 11.2. The molecule has 1 rings (SSSR count). The Morgan fingerprint density at radius 3 is 3.06 bits per heavy atom. The van der Waals surface area contributed by atoms with Crippen LogP contribution in [0.15, 0.2) is 23.4 Å². The summed E-state index contributed by atoms with van der Waals surface area (Å²) in [5.41, 5.74) is 5.31. The van der Waals surface area contributed by atoms with Crippen molar-refractivity contribution in [3.05, 3.63) is 23.4 Å². The Morgan fingerprint density at radius 2 is 2.47 bits per heavy atom. The van der Waals surface area contributed by atoms with Gasteiger partial charge in [0.1, 0.15) is 5.03 Å². The molecule has 94 valence electrons. The van der Waals surface area contributed by atoms with E-state index in [0.29, 0.717) is 10.8 Å². The number of pyridine rings is 1. The lowest BCUT2D eigenvalue weighted by Crippen LogP contribution is -2.43. The standard InChI is InChI=1S/C11H16ClN3OS/c1-2-5-14-9(10(13)16)7-17-11-8(12)4-3-6-15-11/h3-4,6,9,14H,2,5,7H2,1H3,(H2,13,16). The molecule has 0 radical (unpaired) electrons. The van der Waals surface area contributed by atoms with Gasteiger partial charge in [-0.15, -0.1) is 11.8 Å². The third-order valence-corrected chi connectivity index (χ3v) is 3.61. The molecule has 6 heteroatoms. The Hall–Kier alpha value is -0.780. The topological polar surface area (TPSA) is 68.0 Å². The van der Waals surface area contributed by atoms with Crippen LogP contribution < -0.4 is 11.1 Å². The monoisotopic (exact) mass is 273 g/mol. The first kappa shape index (κ1) is 14.3. The van der Waals surface area contributed by atoms with Crippen LogP contribution in [0, 0.1) is 0 Å². The molecule has 1 atom stereocenters. The van der Waals surface area contributed by atoms with Crippen LogP contribution in [0.25, 0.3) is 0 Å². The molecule has 0 bridgehead atoms. The van der Waals surface area contributed by atoms with E-state index in [0.717, 1.165) is 18.0 Å². The molecule has 0 aliphatic carbocycles. The third-order valence-electron chi connectivity index (χ3n) is 2.10. The maximum absolute atomic E-state index is 11.2. The zero-order valence-electron chi connectivity index (χ0n) is 9.65. The Morgan fingerprint density at radius 1 is 1.71 bits per heavy atom. The van der Waals surface area contributed by atoms with Gasteiger partial charge in [-0.2, -0.15) is 0 Å². The molecule has 0 aliphatic heterocycles. The van der Waals surface area contributed by atoms with Crippen molar-refractivity contribution in [2.45, 2.75) is 24.4 Å². The molecule has 1 amide bonds. The van der Waals surface area contributed by atoms with E-state index in [-0.39, 0.29) is 11.9 Å². The van der Waals surface area contributed by atoms with Gasteiger partial charge in [0.2, 0.25) is 5.91 Å². The van der Waals surface area contributed by atoms with Crippen LogP contribution in [0.3, 0.4) is 0 Å². The van der Waals surface area contributed by atoms with Gasteiger partial charge in [-0.05, 0) is 25.1 Å². The van der Waals surface area contributed by atoms with E-state index in [2.05, 4.69) is 10.3 Å². The first-order chi connectivity index (χ1) is 8.15. The predicted octanol–water partition coefficient (Wildman–Crippen LogP) is 1.68. The summed E-state index contributed by atoms with van der Waals surface area (Å²) in [6, 6.07) is 3.20. The van der Waals surface area contributed by atoms with Gasteiger partial charge in [-0.3, -0.25) is 4.79 Å². The van der Waals surface area contributed by atoms with Gasteiger partial charge < -0.3 is 11.1 Å². The second-order valence-corrected chi connectivity index (χ2v) is 4.93. The lowest BCUT2D eigenvalue weighted by Gasteiger charge is -2.14. The summed E-state index contributed by atoms with van der Waals surface area (Å²) in [5, 5.41) is 4.41. The molecule has 3 N–H and O–H groups in total. The van der Waals surface area contributed by atoms with E-state index in [1.54, 1.807) is 18.3 Å². The largest absolute Gasteiger partial charge is 0.368 e. The van der Waals surface area contributed by atoms with Crippen molar-refractivity contribution >= 4 is 29.3 Å². The molecular formula is C11H16ClN3OS. The van der Waals surface area contributed by atoms with E-state index in [1.165, 1.54) is 11.8 Å². The fourth-order valence-corrected chi connectivity index (χ4v) is 2.43. The van der Waals surface area contributed by atoms with Crippen LogP contribution in [-0.2, 0) is 4.79 Å². The number of carbonyl (C=O) groups is 1. The number of rotatable bonds is 7. The highest BCUT2D eigenvalue weighted by Crippen LogP contribution is 2.24. The zero-order chi connectivity index (χ0) is 12.7. The Labute approximate surface area is 110 Å². The fraction of sp³-hybridized carbons (Fsp3) is 0.455. The Balaban J connectivity index is 2.52. The van der Waals surface area contributed by atoms with Gasteiger partial charge in [-0.1, -0.05) is 18.5 Å². The number of hydrogen-bond donors (Lipinski definition) is 2. The van der Waals surface area contributed by atoms with Crippen LogP contribution in [0.5, 0.6) is 0 Å². The Kier molecular flexibility index (Phi) is 6.32. The molecule has 4 nitrogen and oxygen atoms in total. The van der Waals surface area contributed by atoms with E-state index >= 15 is 0 Å². The highest BCUT2D eigenvalue weighted by atomic mass is 35.5. The molecule has 1 aromatic rings. The number of amides is 1. The number of nitrogens with one attached hydrogen (secondary N) is 1. The summed E-state index contributed by atoms with van der Waals surface area (Å²) in [7, 11) is 0. The van der Waals surface area contributed by atoms with E-state index in [9.17, 15) is 4.79 Å². The van der Waals surface area contributed by atoms with Crippen LogP contribution in [0.1, 0.15) is 13.3 Å². The second kappa shape index (κ2) is 7.53. The van der Waals surface area contributed by atoms with Gasteiger partial charge >= 0.3 is 0 Å². The number of hydrogen-bond acceptors (Lipinski definition) is 4. The minimum absolute atomic E-state index is 0.349. The number of aromatic nitrogens is 1. The molecule has 0 aliphatic rings. The summed E-state index contributed by atoms with van der Waals surface area (Å²) in [5.74, 6) is 0.185. The average molecular weight is 274 g/mol. The lowest BCUT2D eigenvalue weighted by atomic mass is 10.3. The van der Waals surface area contributed by atoms with Gasteiger partial charge in [0.25, 0.3) is 0 Å². The first-order valence-electron chi connectivity index (χ1n) is 5.41. The molecule has 17 heavy (non-hydrogen) atoms. The third kappa shape index (κ3) is 4.93. The van der Waals surface area contributed by atoms with Crippen LogP contribution in [0.4, 0.5) is 0 Å². The van der Waals surface area contributed by atoms with Gasteiger partial charge in [0.15, 0.2) is 0 Å². The van der Waals surface area contributed by atoms with Gasteiger partial charge in [0.05, 0.1) is 11.1 Å². The molecule has 0 aromatic carbocycles. The van der Waals surface area contributed by atoms with Crippen molar-refractivity contribution in [3.63, 3.8) is 0 Å². The number of thioether (sulfide) groups is 1. The highest BCUT2D eigenvalue weighted by Gasteiger charge is 2.15. The molecule has 0 saturated heterocycles. The number of nitrogens with zero attached hydrogens (tertiary/aromatic N) is 1. The summed E-state index contributed by atoms with van der Waals surface area (Å²) in [6.07, 6.45) is 2.63. The number of nitrogens with two attached hydrogens (primary N) is 1. The van der Waals surface area contributed by atoms with Gasteiger partial charge in [-0.25, -0.2) is 4.98 Å². The molecular weight excluding hydrogens is 258 g/mol. The summed E-state index contributed by atoms with van der Waals surface area (Å²) >= 11 is 7.40.